The molecule has 1 rings (SSSR count). The summed E-state index contributed by atoms with van der Waals surface area (Å²) in [5, 5.41) is 9.21. The number of hydrogen-bond acceptors (Lipinski definition) is 3. The van der Waals surface area contributed by atoms with Gasteiger partial charge in [-0.25, -0.2) is 4.79 Å². The maximum atomic E-state index is 10.8. The minimum absolute atomic E-state index is 0.396. The van der Waals surface area contributed by atoms with Crippen LogP contribution in [0.5, 0.6) is 0 Å². The van der Waals surface area contributed by atoms with Gasteiger partial charge in [-0.1, -0.05) is 0 Å². The maximum absolute atomic E-state index is 10.8. The minimum Gasteiger partial charge on any atom is -0.442 e. The first-order valence-electron chi connectivity index (χ1n) is 3.32. The first-order chi connectivity index (χ1) is 4.66. The highest BCUT2D eigenvalue weighted by Gasteiger charge is 2.36. The van der Waals surface area contributed by atoms with Crippen molar-refractivity contribution in [3.63, 3.8) is 0 Å². The van der Waals surface area contributed by atoms with Gasteiger partial charge < -0.3 is 9.84 Å². The lowest BCUT2D eigenvalue weighted by molar-refractivity contribution is 0.0246. The molecule has 58 valence electrons. The summed E-state index contributed by atoms with van der Waals surface area (Å²) in [6, 6.07) is 0. The largest absolute Gasteiger partial charge is 0.442 e. The summed E-state index contributed by atoms with van der Waals surface area (Å²) < 4.78 is 4.71. The molecule has 0 aromatic carbocycles. The van der Waals surface area contributed by atoms with Gasteiger partial charge >= 0.3 is 6.09 Å². The number of amides is 1. The lowest BCUT2D eigenvalue weighted by Gasteiger charge is -2.14. The normalized spacial score (nSPS) is 32.7. The number of carbonyl (C=O) groups excluding carboxylic acids is 1. The smallest absolute Gasteiger partial charge is 0.412 e. The molecule has 0 aromatic heterocycles. The molecular weight excluding hydrogens is 134 g/mol. The van der Waals surface area contributed by atoms with E-state index in [0.29, 0.717) is 6.54 Å². The van der Waals surface area contributed by atoms with E-state index >= 15 is 0 Å². The Balaban J connectivity index is 2.64. The highest BCUT2D eigenvalue weighted by Crippen LogP contribution is 2.15. The molecule has 0 aliphatic carbocycles. The molecule has 1 aliphatic rings. The first kappa shape index (κ1) is 7.34. The van der Waals surface area contributed by atoms with Crippen molar-refractivity contribution >= 4 is 6.09 Å². The third-order valence-electron chi connectivity index (χ3n) is 1.60. The van der Waals surface area contributed by atoms with Crippen LogP contribution >= 0.6 is 0 Å². The van der Waals surface area contributed by atoms with Gasteiger partial charge in [0.25, 0.3) is 0 Å². The van der Waals surface area contributed by atoms with Crippen LogP contribution in [0.1, 0.15) is 13.8 Å². The fraction of sp³-hybridized carbons (Fsp3) is 0.833. The van der Waals surface area contributed by atoms with Crippen LogP contribution in [0.15, 0.2) is 0 Å². The van der Waals surface area contributed by atoms with E-state index in [1.807, 2.05) is 0 Å². The van der Waals surface area contributed by atoms with Crippen molar-refractivity contribution in [2.45, 2.75) is 26.2 Å². The Morgan fingerprint density at radius 1 is 1.80 bits per heavy atom. The zero-order chi connectivity index (χ0) is 7.72. The quantitative estimate of drug-likeness (QED) is 0.572. The average molecular weight is 145 g/mol. The molecule has 2 atom stereocenters. The standard InChI is InChI=1S/C6H11NO3/c1-3-7-5(8)4(2)10-6(7)9/h4-5,8H,3H2,1-2H3. The van der Waals surface area contributed by atoms with Crippen LogP contribution in [0.4, 0.5) is 4.79 Å². The van der Waals surface area contributed by atoms with Crippen LogP contribution in [-0.2, 0) is 4.74 Å². The average Bonchev–Trinajstić information content (AvgIpc) is 2.09. The van der Waals surface area contributed by atoms with Crippen molar-refractivity contribution in [2.75, 3.05) is 6.54 Å². The predicted molar refractivity (Wildman–Crippen MR) is 34.3 cm³/mol. The number of ether oxygens (including phenoxy) is 1. The number of rotatable bonds is 1. The van der Waals surface area contributed by atoms with Crippen molar-refractivity contribution < 1.29 is 14.6 Å². The van der Waals surface area contributed by atoms with Gasteiger partial charge in [-0.3, -0.25) is 4.90 Å². The topological polar surface area (TPSA) is 49.8 Å². The summed E-state index contributed by atoms with van der Waals surface area (Å²) in [5.41, 5.74) is 0. The molecule has 4 nitrogen and oxygen atoms in total. The molecule has 1 heterocycles. The molecule has 1 N–H and O–H groups in total. The van der Waals surface area contributed by atoms with Gasteiger partial charge in [0, 0.05) is 6.54 Å². The van der Waals surface area contributed by atoms with Gasteiger partial charge in [-0.2, -0.15) is 0 Å². The van der Waals surface area contributed by atoms with Crippen LogP contribution in [0.3, 0.4) is 0 Å². The Bertz CT molecular complexity index is 148. The van der Waals surface area contributed by atoms with E-state index < -0.39 is 18.4 Å². The summed E-state index contributed by atoms with van der Waals surface area (Å²) in [4.78, 5) is 12.1. The molecule has 0 aromatic rings. The second-order valence-corrected chi connectivity index (χ2v) is 2.29. The Labute approximate surface area is 59.4 Å². The summed E-state index contributed by atoms with van der Waals surface area (Å²) >= 11 is 0. The highest BCUT2D eigenvalue weighted by atomic mass is 16.6. The molecule has 0 bridgehead atoms. The number of likely N-dealkylation sites (N-methyl/N-ethyl adjacent to an activating group) is 1. The molecular formula is C6H11NO3. The summed E-state index contributed by atoms with van der Waals surface area (Å²) in [6.45, 7) is 3.95. The fourth-order valence-electron chi connectivity index (χ4n) is 0.965. The first-order valence-corrected chi connectivity index (χ1v) is 3.32. The lowest BCUT2D eigenvalue weighted by Crippen LogP contribution is -2.35. The molecule has 1 fully saturated rings. The molecule has 4 heteroatoms. The SMILES string of the molecule is CCN1C(=O)OC(C)C1O. The number of nitrogens with zero attached hydrogens (tertiary/aromatic N) is 1. The van der Waals surface area contributed by atoms with Crippen molar-refractivity contribution in [3.05, 3.63) is 0 Å². The van der Waals surface area contributed by atoms with Crippen molar-refractivity contribution in [1.29, 1.82) is 0 Å². The summed E-state index contributed by atoms with van der Waals surface area (Å²) in [7, 11) is 0. The molecule has 0 spiro atoms. The van der Waals surface area contributed by atoms with Gasteiger partial charge in [0.05, 0.1) is 0 Å². The number of carbonyl (C=O) groups is 1. The van der Waals surface area contributed by atoms with Gasteiger partial charge in [0.2, 0.25) is 0 Å². The van der Waals surface area contributed by atoms with Gasteiger partial charge in [0.15, 0.2) is 6.23 Å². The van der Waals surface area contributed by atoms with Crippen LogP contribution in [0.2, 0.25) is 0 Å². The van der Waals surface area contributed by atoms with Crippen LogP contribution in [0, 0.1) is 0 Å². The number of hydrogen-bond donors (Lipinski definition) is 1. The number of aliphatic hydroxyl groups is 1. The molecule has 1 amide bonds. The van der Waals surface area contributed by atoms with Gasteiger partial charge in [-0.05, 0) is 13.8 Å². The van der Waals surface area contributed by atoms with Crippen molar-refractivity contribution in [2.24, 2.45) is 0 Å². The Kier molecular flexibility index (Phi) is 1.80. The molecule has 0 saturated carbocycles. The zero-order valence-corrected chi connectivity index (χ0v) is 6.07. The summed E-state index contributed by atoms with van der Waals surface area (Å²) in [5.74, 6) is 0. The Hall–Kier alpha value is -0.770. The van der Waals surface area contributed by atoms with Crippen LogP contribution in [-0.4, -0.2) is 35.0 Å². The lowest BCUT2D eigenvalue weighted by atomic mass is 10.3. The molecule has 1 saturated heterocycles. The van der Waals surface area contributed by atoms with Crippen molar-refractivity contribution in [3.8, 4) is 0 Å². The second-order valence-electron chi connectivity index (χ2n) is 2.29. The summed E-state index contributed by atoms with van der Waals surface area (Å²) in [6.07, 6.45) is -1.59. The number of cyclic esters (lactones) is 1. The monoisotopic (exact) mass is 145 g/mol. The third kappa shape index (κ3) is 0.945. The predicted octanol–water partition coefficient (Wildman–Crippen LogP) is 0.165. The van der Waals surface area contributed by atoms with E-state index in [-0.39, 0.29) is 0 Å². The fourth-order valence-corrected chi connectivity index (χ4v) is 0.965. The maximum Gasteiger partial charge on any atom is 0.412 e. The van der Waals surface area contributed by atoms with E-state index in [1.54, 1.807) is 13.8 Å². The zero-order valence-electron chi connectivity index (χ0n) is 6.07. The minimum atomic E-state index is -0.766. The molecule has 0 radical (unpaired) electrons. The van der Waals surface area contributed by atoms with Crippen molar-refractivity contribution in [1.82, 2.24) is 4.90 Å². The number of aliphatic hydroxyl groups excluding tert-OH is 1. The van der Waals surface area contributed by atoms with Crippen LogP contribution < -0.4 is 0 Å². The Morgan fingerprint density at radius 2 is 2.40 bits per heavy atom. The molecule has 1 aliphatic heterocycles. The Morgan fingerprint density at radius 3 is 2.60 bits per heavy atom. The van der Waals surface area contributed by atoms with E-state index in [9.17, 15) is 9.90 Å². The van der Waals surface area contributed by atoms with Crippen LogP contribution in [0.25, 0.3) is 0 Å². The van der Waals surface area contributed by atoms with E-state index in [2.05, 4.69) is 0 Å². The van der Waals surface area contributed by atoms with E-state index in [4.69, 9.17) is 4.74 Å². The van der Waals surface area contributed by atoms with Gasteiger partial charge in [-0.15, -0.1) is 0 Å². The second kappa shape index (κ2) is 2.46. The van der Waals surface area contributed by atoms with E-state index in [1.165, 1.54) is 4.90 Å². The molecule has 10 heavy (non-hydrogen) atoms. The van der Waals surface area contributed by atoms with Gasteiger partial charge in [0.1, 0.15) is 6.10 Å². The highest BCUT2D eigenvalue weighted by molar-refractivity contribution is 5.70. The molecule has 2 unspecified atom stereocenters. The third-order valence-corrected chi connectivity index (χ3v) is 1.60. The van der Waals surface area contributed by atoms with E-state index in [0.717, 1.165) is 0 Å².